The van der Waals surface area contributed by atoms with Crippen LogP contribution in [0.1, 0.15) is 88.5 Å². The molecule has 0 aromatic carbocycles. The van der Waals surface area contributed by atoms with E-state index >= 15 is 0 Å². The van der Waals surface area contributed by atoms with Gasteiger partial charge in [-0.2, -0.15) is 11.8 Å². The molecular formula is C21H42N2O2S. The van der Waals surface area contributed by atoms with Gasteiger partial charge in [-0.15, -0.1) is 0 Å². The van der Waals surface area contributed by atoms with Crippen molar-refractivity contribution >= 4 is 23.6 Å². The van der Waals surface area contributed by atoms with E-state index in [0.717, 1.165) is 25.0 Å². The van der Waals surface area contributed by atoms with Crippen LogP contribution < -0.4 is 10.6 Å². The highest BCUT2D eigenvalue weighted by molar-refractivity contribution is 8.00. The smallest absolute Gasteiger partial charge is 0.217 e. The summed E-state index contributed by atoms with van der Waals surface area (Å²) in [6.07, 6.45) is 3.07. The third-order valence-electron chi connectivity index (χ3n) is 4.66. The van der Waals surface area contributed by atoms with Crippen LogP contribution in [-0.2, 0) is 9.59 Å². The molecule has 4 nitrogen and oxygen atoms in total. The molecule has 0 radical (unpaired) electrons. The van der Waals surface area contributed by atoms with Crippen LogP contribution in [0.25, 0.3) is 0 Å². The molecule has 26 heavy (non-hydrogen) atoms. The molecule has 0 heterocycles. The first-order valence-electron chi connectivity index (χ1n) is 9.69. The molecule has 0 aliphatic heterocycles. The molecule has 0 spiro atoms. The Morgan fingerprint density at radius 3 is 1.81 bits per heavy atom. The van der Waals surface area contributed by atoms with Crippen molar-refractivity contribution < 1.29 is 9.59 Å². The normalized spacial score (nSPS) is 15.3. The summed E-state index contributed by atoms with van der Waals surface area (Å²) in [4.78, 5) is 22.7. The highest BCUT2D eigenvalue weighted by atomic mass is 32.2. The van der Waals surface area contributed by atoms with Gasteiger partial charge in [-0.3, -0.25) is 9.59 Å². The maximum Gasteiger partial charge on any atom is 0.217 e. The third kappa shape index (κ3) is 11.1. The van der Waals surface area contributed by atoms with Gasteiger partial charge < -0.3 is 10.6 Å². The summed E-state index contributed by atoms with van der Waals surface area (Å²) in [5, 5.41) is 6.03. The predicted molar refractivity (Wildman–Crippen MR) is 115 cm³/mol. The average molecular weight is 387 g/mol. The Hall–Kier alpha value is -0.710. The number of rotatable bonds is 11. The van der Waals surface area contributed by atoms with Gasteiger partial charge in [-0.1, -0.05) is 41.5 Å². The molecule has 1 atom stereocenters. The summed E-state index contributed by atoms with van der Waals surface area (Å²) < 4.78 is 0.164. The number of thioether (sulfide) groups is 1. The van der Waals surface area contributed by atoms with E-state index < -0.39 is 0 Å². The summed E-state index contributed by atoms with van der Waals surface area (Å²) in [6, 6.07) is 0. The maximum absolute atomic E-state index is 11.4. The lowest BCUT2D eigenvalue weighted by atomic mass is 9.81. The van der Waals surface area contributed by atoms with Crippen LogP contribution in [0.15, 0.2) is 0 Å². The fourth-order valence-corrected chi connectivity index (χ4v) is 5.39. The minimum atomic E-state index is -0.205. The predicted octanol–water partition coefficient (Wildman–Crippen LogP) is 4.77. The van der Waals surface area contributed by atoms with Crippen LogP contribution in [0, 0.1) is 10.8 Å². The molecule has 0 aliphatic carbocycles. The largest absolute Gasteiger partial charge is 0.356 e. The van der Waals surface area contributed by atoms with E-state index in [1.807, 2.05) is 11.8 Å². The first-order valence-corrected chi connectivity index (χ1v) is 10.7. The zero-order valence-electron chi connectivity index (χ0n) is 18.8. The van der Waals surface area contributed by atoms with Crippen LogP contribution in [0.3, 0.4) is 0 Å². The molecule has 0 saturated carbocycles. The Morgan fingerprint density at radius 2 is 1.38 bits per heavy atom. The molecule has 0 aromatic heterocycles. The van der Waals surface area contributed by atoms with Crippen molar-refractivity contribution in [1.82, 2.24) is 10.6 Å². The van der Waals surface area contributed by atoms with E-state index in [1.54, 1.807) is 13.8 Å². The fraction of sp³-hybridized carbons (Fsp3) is 0.905. The molecule has 154 valence electrons. The van der Waals surface area contributed by atoms with Crippen molar-refractivity contribution in [3.63, 3.8) is 0 Å². The van der Waals surface area contributed by atoms with E-state index in [1.165, 1.54) is 0 Å². The van der Waals surface area contributed by atoms with Gasteiger partial charge in [0.05, 0.1) is 0 Å². The number of carbonyl (C=O) groups is 2. The van der Waals surface area contributed by atoms with E-state index in [9.17, 15) is 9.59 Å². The third-order valence-corrected chi connectivity index (χ3v) is 6.72. The van der Waals surface area contributed by atoms with Crippen LogP contribution in [0.5, 0.6) is 0 Å². The first kappa shape index (κ1) is 25.3. The minimum absolute atomic E-state index is 0.0246. The van der Waals surface area contributed by atoms with Gasteiger partial charge in [0, 0.05) is 30.7 Å². The van der Waals surface area contributed by atoms with Crippen LogP contribution in [0.2, 0.25) is 0 Å². The second kappa shape index (κ2) is 9.48. The number of hydrogen-bond acceptors (Lipinski definition) is 3. The summed E-state index contributed by atoms with van der Waals surface area (Å²) in [6.45, 7) is 21.6. The Balaban J connectivity index is 4.87. The molecule has 5 heteroatoms. The van der Waals surface area contributed by atoms with Crippen molar-refractivity contribution in [2.75, 3.05) is 12.3 Å². The standard InChI is InChI=1S/C21H42N2O2S/c1-11-21(10,13-18(4,5)14-22-16(2)24)26-15-19(6,7)12-20(8,9)23-17(3)25/h11-15H2,1-10H3,(H,22,24)(H,23,25). The van der Waals surface area contributed by atoms with Crippen molar-refractivity contribution in [1.29, 1.82) is 0 Å². The second-order valence-electron chi connectivity index (χ2n) is 10.2. The molecule has 0 aliphatic rings. The van der Waals surface area contributed by atoms with Gasteiger partial charge in [-0.05, 0) is 49.7 Å². The molecule has 0 bridgehead atoms. The summed E-state index contributed by atoms with van der Waals surface area (Å²) in [7, 11) is 0. The monoisotopic (exact) mass is 386 g/mol. The number of amides is 2. The fourth-order valence-electron chi connectivity index (χ4n) is 3.85. The Morgan fingerprint density at radius 1 is 0.846 bits per heavy atom. The first-order chi connectivity index (χ1) is 11.5. The molecule has 0 aromatic rings. The van der Waals surface area contributed by atoms with Crippen LogP contribution in [-0.4, -0.2) is 34.4 Å². The highest BCUT2D eigenvalue weighted by Crippen LogP contribution is 2.43. The lowest BCUT2D eigenvalue weighted by molar-refractivity contribution is -0.121. The average Bonchev–Trinajstić information content (AvgIpc) is 2.40. The van der Waals surface area contributed by atoms with Crippen molar-refractivity contribution in [3.05, 3.63) is 0 Å². The van der Waals surface area contributed by atoms with Crippen molar-refractivity contribution in [2.24, 2.45) is 10.8 Å². The van der Waals surface area contributed by atoms with Crippen molar-refractivity contribution in [3.8, 4) is 0 Å². The minimum Gasteiger partial charge on any atom is -0.356 e. The topological polar surface area (TPSA) is 58.2 Å². The lowest BCUT2D eigenvalue weighted by Gasteiger charge is -2.40. The van der Waals surface area contributed by atoms with E-state index in [2.05, 4.69) is 66.0 Å². The molecule has 0 fully saturated rings. The van der Waals surface area contributed by atoms with Crippen LogP contribution in [0.4, 0.5) is 0 Å². The van der Waals surface area contributed by atoms with Crippen molar-refractivity contribution in [2.45, 2.75) is 98.8 Å². The Kier molecular flexibility index (Phi) is 9.22. The Bertz CT molecular complexity index is 486. The van der Waals surface area contributed by atoms with E-state index in [4.69, 9.17) is 0 Å². The van der Waals surface area contributed by atoms with Gasteiger partial charge in [0.15, 0.2) is 0 Å². The van der Waals surface area contributed by atoms with E-state index in [0.29, 0.717) is 6.54 Å². The number of hydrogen-bond donors (Lipinski definition) is 2. The maximum atomic E-state index is 11.4. The van der Waals surface area contributed by atoms with Gasteiger partial charge in [0.25, 0.3) is 0 Å². The summed E-state index contributed by atoms with van der Waals surface area (Å²) >= 11 is 2.03. The van der Waals surface area contributed by atoms with E-state index in [-0.39, 0.29) is 32.9 Å². The van der Waals surface area contributed by atoms with Crippen LogP contribution >= 0.6 is 11.8 Å². The zero-order valence-corrected chi connectivity index (χ0v) is 19.6. The van der Waals surface area contributed by atoms with Gasteiger partial charge in [-0.25, -0.2) is 0 Å². The number of nitrogens with one attached hydrogen (secondary N) is 2. The second-order valence-corrected chi connectivity index (χ2v) is 11.8. The number of carbonyl (C=O) groups excluding carboxylic acids is 2. The molecule has 1 unspecified atom stereocenters. The van der Waals surface area contributed by atoms with Gasteiger partial charge in [0.2, 0.25) is 11.8 Å². The lowest BCUT2D eigenvalue weighted by Crippen LogP contribution is -2.46. The SMILES string of the molecule is CCC(C)(CC(C)(C)CNC(C)=O)SCC(C)(C)CC(C)(C)NC(C)=O. The van der Waals surface area contributed by atoms with Gasteiger partial charge >= 0.3 is 0 Å². The molecule has 2 N–H and O–H groups in total. The highest BCUT2D eigenvalue weighted by Gasteiger charge is 2.35. The van der Waals surface area contributed by atoms with Gasteiger partial charge in [0.1, 0.15) is 0 Å². The summed E-state index contributed by atoms with van der Waals surface area (Å²) in [5.41, 5.74) is -0.0267. The zero-order chi connectivity index (χ0) is 20.8. The Labute approximate surface area is 166 Å². The quantitative estimate of drug-likeness (QED) is 0.537. The molecule has 2 amide bonds. The molecule has 0 saturated heterocycles. The molecular weight excluding hydrogens is 344 g/mol. The molecule has 0 rings (SSSR count). The summed E-state index contributed by atoms with van der Waals surface area (Å²) in [5.74, 6) is 1.10.